The van der Waals surface area contributed by atoms with Crippen LogP contribution in [-0.2, 0) is 4.79 Å². The van der Waals surface area contributed by atoms with Crippen LogP contribution in [0, 0.1) is 6.92 Å². The van der Waals surface area contributed by atoms with Crippen LogP contribution in [0.2, 0.25) is 0 Å². The minimum absolute atomic E-state index is 0.0412. The minimum Gasteiger partial charge on any atom is -0.492 e. The molecule has 0 fully saturated rings. The van der Waals surface area contributed by atoms with Crippen LogP contribution in [0.5, 0.6) is 23.0 Å². The lowest BCUT2D eigenvalue weighted by Crippen LogP contribution is -2.41. The standard InChI is InChI=1S/C25H22N2O6/c1-16-2-6-19(7-3-16)30-11-10-27-20-13-18(5-9-21(20)31-14-24(27)28)26-25(29)17-4-8-22-23(12-17)33-15-32-22/h2-9,12-13H,10-11,14-15H2,1H3,(H,26,29). The van der Waals surface area contributed by atoms with Gasteiger partial charge in [-0.05, 0) is 55.5 Å². The minimum atomic E-state index is -0.300. The van der Waals surface area contributed by atoms with Crippen molar-refractivity contribution in [2.45, 2.75) is 6.92 Å². The summed E-state index contributed by atoms with van der Waals surface area (Å²) in [5.41, 5.74) is 2.71. The highest BCUT2D eigenvalue weighted by molar-refractivity contribution is 6.05. The third-order valence-corrected chi connectivity index (χ3v) is 5.40. The molecule has 1 N–H and O–H groups in total. The molecule has 0 saturated carbocycles. The highest BCUT2D eigenvalue weighted by Crippen LogP contribution is 2.35. The summed E-state index contributed by atoms with van der Waals surface area (Å²) < 4.78 is 22.0. The van der Waals surface area contributed by atoms with E-state index in [-0.39, 0.29) is 25.2 Å². The molecule has 168 valence electrons. The molecule has 0 bridgehead atoms. The molecule has 3 aromatic rings. The SMILES string of the molecule is Cc1ccc(OCCN2C(=O)COc3ccc(NC(=O)c4ccc5c(c4)OCO5)cc32)cc1. The van der Waals surface area contributed by atoms with Gasteiger partial charge in [0.25, 0.3) is 11.8 Å². The fourth-order valence-electron chi connectivity index (χ4n) is 3.66. The maximum Gasteiger partial charge on any atom is 0.265 e. The van der Waals surface area contributed by atoms with Crippen molar-refractivity contribution in [1.82, 2.24) is 0 Å². The second kappa shape index (κ2) is 8.74. The monoisotopic (exact) mass is 446 g/mol. The third kappa shape index (κ3) is 4.41. The Morgan fingerprint density at radius 3 is 2.61 bits per heavy atom. The molecule has 2 aliphatic heterocycles. The van der Waals surface area contributed by atoms with Gasteiger partial charge in [0.15, 0.2) is 18.1 Å². The van der Waals surface area contributed by atoms with Gasteiger partial charge in [-0.25, -0.2) is 0 Å². The van der Waals surface area contributed by atoms with E-state index in [0.717, 1.165) is 11.3 Å². The zero-order valence-corrected chi connectivity index (χ0v) is 18.0. The van der Waals surface area contributed by atoms with Gasteiger partial charge in [0, 0.05) is 11.3 Å². The van der Waals surface area contributed by atoms with E-state index >= 15 is 0 Å². The molecule has 0 aliphatic carbocycles. The number of nitrogens with one attached hydrogen (secondary N) is 1. The molecule has 2 heterocycles. The molecule has 5 rings (SSSR count). The second-order valence-corrected chi connectivity index (χ2v) is 7.70. The first kappa shape index (κ1) is 20.7. The largest absolute Gasteiger partial charge is 0.492 e. The number of fused-ring (bicyclic) bond motifs is 2. The molecule has 0 spiro atoms. The van der Waals surface area contributed by atoms with Crippen LogP contribution < -0.4 is 29.2 Å². The van der Waals surface area contributed by atoms with Gasteiger partial charge in [-0.1, -0.05) is 17.7 Å². The van der Waals surface area contributed by atoms with Gasteiger partial charge < -0.3 is 29.2 Å². The van der Waals surface area contributed by atoms with Gasteiger partial charge in [-0.2, -0.15) is 0 Å². The Morgan fingerprint density at radius 1 is 0.970 bits per heavy atom. The van der Waals surface area contributed by atoms with Crippen molar-refractivity contribution in [2.75, 3.05) is 36.8 Å². The first-order valence-corrected chi connectivity index (χ1v) is 10.5. The van der Waals surface area contributed by atoms with E-state index in [4.69, 9.17) is 18.9 Å². The molecule has 2 aliphatic rings. The van der Waals surface area contributed by atoms with E-state index in [1.54, 1.807) is 41.3 Å². The molecule has 8 heteroatoms. The summed E-state index contributed by atoms with van der Waals surface area (Å²) in [6.07, 6.45) is 0. The second-order valence-electron chi connectivity index (χ2n) is 7.70. The lowest BCUT2D eigenvalue weighted by molar-refractivity contribution is -0.121. The van der Waals surface area contributed by atoms with Gasteiger partial charge >= 0.3 is 0 Å². The van der Waals surface area contributed by atoms with E-state index in [0.29, 0.717) is 47.3 Å². The number of anilines is 2. The smallest absolute Gasteiger partial charge is 0.265 e. The maximum atomic E-state index is 12.7. The zero-order valence-electron chi connectivity index (χ0n) is 18.0. The first-order valence-electron chi connectivity index (χ1n) is 10.5. The topological polar surface area (TPSA) is 86.3 Å². The van der Waals surface area contributed by atoms with Crippen molar-refractivity contribution in [3.8, 4) is 23.0 Å². The summed E-state index contributed by atoms with van der Waals surface area (Å²) in [5.74, 6) is 1.99. The highest BCUT2D eigenvalue weighted by Gasteiger charge is 2.26. The number of hydrogen-bond acceptors (Lipinski definition) is 6. The van der Waals surface area contributed by atoms with Crippen LogP contribution in [0.3, 0.4) is 0 Å². The normalized spacial score (nSPS) is 13.8. The molecule has 8 nitrogen and oxygen atoms in total. The lowest BCUT2D eigenvalue weighted by Gasteiger charge is -2.29. The van der Waals surface area contributed by atoms with E-state index in [1.165, 1.54) is 0 Å². The summed E-state index contributed by atoms with van der Waals surface area (Å²) >= 11 is 0. The highest BCUT2D eigenvalue weighted by atomic mass is 16.7. The number of ether oxygens (including phenoxy) is 4. The van der Waals surface area contributed by atoms with Crippen molar-refractivity contribution in [3.63, 3.8) is 0 Å². The number of carbonyl (C=O) groups is 2. The molecule has 0 aromatic heterocycles. The number of aryl methyl sites for hydroxylation is 1. The summed E-state index contributed by atoms with van der Waals surface area (Å²) in [6, 6.07) is 17.9. The van der Waals surface area contributed by atoms with Crippen molar-refractivity contribution in [1.29, 1.82) is 0 Å². The average Bonchev–Trinajstić information content (AvgIpc) is 3.30. The summed E-state index contributed by atoms with van der Waals surface area (Å²) in [6.45, 7) is 2.78. The quantitative estimate of drug-likeness (QED) is 0.620. The molecular formula is C25H22N2O6. The predicted molar refractivity (Wildman–Crippen MR) is 121 cm³/mol. The van der Waals surface area contributed by atoms with Gasteiger partial charge in [-0.15, -0.1) is 0 Å². The number of rotatable bonds is 6. The van der Waals surface area contributed by atoms with Crippen molar-refractivity contribution < 1.29 is 28.5 Å². The number of amides is 2. The summed E-state index contributed by atoms with van der Waals surface area (Å²) in [4.78, 5) is 26.9. The maximum absolute atomic E-state index is 12.7. The van der Waals surface area contributed by atoms with Crippen LogP contribution in [0.4, 0.5) is 11.4 Å². The third-order valence-electron chi connectivity index (χ3n) is 5.40. The Balaban J connectivity index is 1.29. The van der Waals surface area contributed by atoms with E-state index in [9.17, 15) is 9.59 Å². The Labute approximate surface area is 190 Å². The number of hydrogen-bond donors (Lipinski definition) is 1. The Morgan fingerprint density at radius 2 is 1.76 bits per heavy atom. The van der Waals surface area contributed by atoms with Crippen LogP contribution in [0.1, 0.15) is 15.9 Å². The first-order chi connectivity index (χ1) is 16.1. The van der Waals surface area contributed by atoms with Gasteiger partial charge in [0.05, 0.1) is 12.2 Å². The molecule has 3 aromatic carbocycles. The number of benzene rings is 3. The van der Waals surface area contributed by atoms with Crippen LogP contribution in [-0.4, -0.2) is 38.4 Å². The molecule has 2 amide bonds. The van der Waals surface area contributed by atoms with Gasteiger partial charge in [-0.3, -0.25) is 9.59 Å². The number of nitrogens with zero attached hydrogens (tertiary/aromatic N) is 1. The van der Waals surface area contributed by atoms with Gasteiger partial charge in [0.1, 0.15) is 18.1 Å². The van der Waals surface area contributed by atoms with Gasteiger partial charge in [0.2, 0.25) is 6.79 Å². The Kier molecular flexibility index (Phi) is 5.48. The predicted octanol–water partition coefficient (Wildman–Crippen LogP) is 3.78. The lowest BCUT2D eigenvalue weighted by atomic mass is 10.1. The summed E-state index contributed by atoms with van der Waals surface area (Å²) in [5, 5.41) is 2.86. The van der Waals surface area contributed by atoms with E-state index < -0.39 is 0 Å². The fourth-order valence-corrected chi connectivity index (χ4v) is 3.66. The molecule has 33 heavy (non-hydrogen) atoms. The van der Waals surface area contributed by atoms with E-state index in [1.807, 2.05) is 31.2 Å². The van der Waals surface area contributed by atoms with Crippen molar-refractivity contribution >= 4 is 23.2 Å². The van der Waals surface area contributed by atoms with Crippen molar-refractivity contribution in [2.24, 2.45) is 0 Å². The Hall–Kier alpha value is -4.20. The molecule has 0 atom stereocenters. The number of carbonyl (C=O) groups excluding carboxylic acids is 2. The fraction of sp³-hybridized carbons (Fsp3) is 0.200. The molecule has 0 radical (unpaired) electrons. The average molecular weight is 446 g/mol. The molecule has 0 unspecified atom stereocenters. The molecular weight excluding hydrogens is 424 g/mol. The zero-order chi connectivity index (χ0) is 22.8. The van der Waals surface area contributed by atoms with Crippen LogP contribution in [0.15, 0.2) is 60.7 Å². The summed E-state index contributed by atoms with van der Waals surface area (Å²) in [7, 11) is 0. The van der Waals surface area contributed by atoms with Crippen LogP contribution >= 0.6 is 0 Å². The molecule has 0 saturated heterocycles. The van der Waals surface area contributed by atoms with Crippen LogP contribution in [0.25, 0.3) is 0 Å². The Bertz CT molecular complexity index is 1210. The van der Waals surface area contributed by atoms with Crippen molar-refractivity contribution in [3.05, 3.63) is 71.8 Å². The van der Waals surface area contributed by atoms with E-state index in [2.05, 4.69) is 5.32 Å².